The molecule has 0 radical (unpaired) electrons. The number of aromatic nitrogens is 2. The van der Waals surface area contributed by atoms with E-state index in [0.717, 1.165) is 22.7 Å². The Morgan fingerprint density at radius 3 is 2.23 bits per heavy atom. The fourth-order valence-electron chi connectivity index (χ4n) is 2.18. The monoisotopic (exact) mass is 352 g/mol. The van der Waals surface area contributed by atoms with E-state index in [4.69, 9.17) is 9.68 Å². The summed E-state index contributed by atoms with van der Waals surface area (Å²) < 4.78 is 0. The van der Waals surface area contributed by atoms with Crippen LogP contribution in [0, 0.1) is 6.92 Å². The van der Waals surface area contributed by atoms with E-state index < -0.39 is 0 Å². The van der Waals surface area contributed by atoms with Crippen molar-refractivity contribution < 1.29 is 9.68 Å². The molecule has 2 rings (SSSR count). The normalized spacial score (nSPS) is 10.2. The van der Waals surface area contributed by atoms with Crippen LogP contribution in [0.5, 0.6) is 0 Å². The van der Waals surface area contributed by atoms with Gasteiger partial charge in [-0.15, -0.1) is 0 Å². The molecule has 0 aromatic carbocycles. The maximum atomic E-state index is 5.47. The van der Waals surface area contributed by atoms with E-state index in [1.165, 1.54) is 7.11 Å². The second-order valence-corrected chi connectivity index (χ2v) is 5.64. The molecule has 0 spiro atoms. The molecule has 136 valence electrons. The topological polar surface area (TPSA) is 68.3 Å². The largest absolute Gasteiger partial charge is 0.279 e. The molecule has 0 amide bonds. The minimum absolute atomic E-state index is 0.423. The van der Waals surface area contributed by atoms with Crippen molar-refractivity contribution in [2.24, 2.45) is 0 Å². The number of hydrogen-bond donors (Lipinski definition) is 2. The highest BCUT2D eigenvalue weighted by atomic mass is 16.6. The zero-order valence-corrected chi connectivity index (χ0v) is 15.2. The Labute approximate surface area is 154 Å². The van der Waals surface area contributed by atoms with Crippen LogP contribution in [0.1, 0.15) is 29.2 Å². The molecule has 6 nitrogen and oxygen atoms in total. The number of pyridine rings is 2. The lowest BCUT2D eigenvalue weighted by Crippen LogP contribution is -2.14. The molecule has 0 unspecified atom stereocenters. The fraction of sp³-hybridized carbons (Fsp3) is 0.200. The Bertz CT molecular complexity index is 802. The molecule has 2 heterocycles. The Morgan fingerprint density at radius 1 is 0.923 bits per heavy atom. The van der Waals surface area contributed by atoms with Crippen molar-refractivity contribution in [1.29, 1.82) is 0 Å². The molecule has 0 aliphatic heterocycles. The summed E-state index contributed by atoms with van der Waals surface area (Å²) in [5, 5.41) is 0. The van der Waals surface area contributed by atoms with E-state index >= 15 is 0 Å². The van der Waals surface area contributed by atoms with Crippen molar-refractivity contribution in [2.45, 2.75) is 13.3 Å². The predicted molar refractivity (Wildman–Crippen MR) is 104 cm³/mol. The van der Waals surface area contributed by atoms with Crippen LogP contribution in [0.3, 0.4) is 0 Å². The van der Waals surface area contributed by atoms with Gasteiger partial charge in [-0.25, -0.2) is 4.98 Å². The van der Waals surface area contributed by atoms with Gasteiger partial charge in [0.25, 0.3) is 0 Å². The minimum Gasteiger partial charge on any atom is -0.279 e. The van der Waals surface area contributed by atoms with Gasteiger partial charge in [0.15, 0.2) is 0 Å². The van der Waals surface area contributed by atoms with Gasteiger partial charge < -0.3 is 0 Å². The third-order valence-electron chi connectivity index (χ3n) is 3.54. The molecule has 0 atom stereocenters. The summed E-state index contributed by atoms with van der Waals surface area (Å²) in [5.41, 5.74) is 10.7. The quantitative estimate of drug-likeness (QED) is 0.504. The van der Waals surface area contributed by atoms with Gasteiger partial charge in [-0.2, -0.15) is 0 Å². The molecule has 2 aromatic rings. The third kappa shape index (κ3) is 5.54. The van der Waals surface area contributed by atoms with Crippen molar-refractivity contribution in [1.82, 2.24) is 20.9 Å². The molecule has 0 bridgehead atoms. The average molecular weight is 352 g/mol. The summed E-state index contributed by atoms with van der Waals surface area (Å²) in [7, 11) is 1.53. The second-order valence-electron chi connectivity index (χ2n) is 5.64. The number of hydrogen-bond acceptors (Lipinski definition) is 6. The Hall–Kier alpha value is -2.96. The van der Waals surface area contributed by atoms with E-state index in [0.29, 0.717) is 30.1 Å². The Balaban J connectivity index is 1.82. The fourth-order valence-corrected chi connectivity index (χ4v) is 2.18. The second kappa shape index (κ2) is 9.50. The summed E-state index contributed by atoms with van der Waals surface area (Å²) in [4.78, 5) is 19.2. The van der Waals surface area contributed by atoms with Gasteiger partial charge >= 0.3 is 0 Å². The van der Waals surface area contributed by atoms with E-state index in [9.17, 15) is 0 Å². The van der Waals surface area contributed by atoms with Gasteiger partial charge in [-0.3, -0.25) is 25.6 Å². The molecule has 26 heavy (non-hydrogen) atoms. The summed E-state index contributed by atoms with van der Waals surface area (Å²) >= 11 is 0. The first kappa shape index (κ1) is 19.4. The third-order valence-corrected chi connectivity index (χ3v) is 3.54. The highest BCUT2D eigenvalue weighted by molar-refractivity contribution is 5.64. The van der Waals surface area contributed by atoms with Crippen LogP contribution in [0.25, 0.3) is 17.0 Å². The number of nitrogens with one attached hydrogen (secondary N) is 2. The first-order chi connectivity index (χ1) is 12.5. The van der Waals surface area contributed by atoms with E-state index in [1.54, 1.807) is 0 Å². The van der Waals surface area contributed by atoms with Crippen LogP contribution in [0.4, 0.5) is 0 Å². The van der Waals surface area contributed by atoms with Crippen LogP contribution in [0.2, 0.25) is 0 Å². The summed E-state index contributed by atoms with van der Waals surface area (Å²) in [6.07, 6.45) is 0.613. The van der Waals surface area contributed by atoms with Gasteiger partial charge in [-0.05, 0) is 43.2 Å². The molecule has 0 fully saturated rings. The molecule has 0 aliphatic rings. The molecule has 2 N–H and O–H groups in total. The maximum absolute atomic E-state index is 5.47. The first-order valence-electron chi connectivity index (χ1n) is 8.15. The molecule has 0 aliphatic carbocycles. The lowest BCUT2D eigenvalue weighted by atomic mass is 10.1. The zero-order chi connectivity index (χ0) is 18.9. The molecular weight excluding hydrogens is 328 g/mol. The molecule has 0 saturated heterocycles. The van der Waals surface area contributed by atoms with Crippen molar-refractivity contribution >= 4 is 17.0 Å². The van der Waals surface area contributed by atoms with E-state index in [1.807, 2.05) is 43.3 Å². The molecule has 0 saturated carbocycles. The molecule has 2 aromatic heterocycles. The highest BCUT2D eigenvalue weighted by Gasteiger charge is 2.06. The van der Waals surface area contributed by atoms with Crippen molar-refractivity contribution in [3.05, 3.63) is 78.9 Å². The molecule has 6 heteroatoms. The number of hydroxylamine groups is 2. The lowest BCUT2D eigenvalue weighted by molar-refractivity contribution is 0.0833. The molecular formula is C20H24N4O2. The Morgan fingerprint density at radius 2 is 1.54 bits per heavy atom. The summed E-state index contributed by atoms with van der Waals surface area (Å²) in [6.45, 7) is 14.2. The number of aryl methyl sites for hydroxylation is 1. The Kier molecular flexibility index (Phi) is 7.08. The van der Waals surface area contributed by atoms with E-state index in [2.05, 4.69) is 40.7 Å². The summed E-state index contributed by atoms with van der Waals surface area (Å²) in [5.74, 6) is 0. The van der Waals surface area contributed by atoms with Gasteiger partial charge in [0, 0.05) is 5.69 Å². The predicted octanol–water partition coefficient (Wildman–Crippen LogP) is 3.50. The van der Waals surface area contributed by atoms with Crippen LogP contribution >= 0.6 is 0 Å². The van der Waals surface area contributed by atoms with Crippen molar-refractivity contribution in [3.8, 4) is 0 Å². The SMILES string of the molecule is C=C(CCONC(=C)c1cccc(C)n1)c1cccc(C(=C)NOC)n1. The van der Waals surface area contributed by atoms with Crippen LogP contribution < -0.4 is 11.0 Å². The highest BCUT2D eigenvalue weighted by Crippen LogP contribution is 2.16. The standard InChI is InChI=1S/C20H24N4O2/c1-14(18-9-7-11-20(22-18)16(3)23-25-5)12-13-26-24-17(4)19-10-6-8-15(2)21-19/h6-11,23-24H,1,3-4,12-13H2,2,5H3. The lowest BCUT2D eigenvalue weighted by Gasteiger charge is -2.12. The van der Waals surface area contributed by atoms with Crippen molar-refractivity contribution in [3.63, 3.8) is 0 Å². The van der Waals surface area contributed by atoms with Crippen molar-refractivity contribution in [2.75, 3.05) is 13.7 Å². The number of rotatable bonds is 10. The van der Waals surface area contributed by atoms with Gasteiger partial charge in [0.05, 0.1) is 42.2 Å². The van der Waals surface area contributed by atoms with Gasteiger partial charge in [0.2, 0.25) is 0 Å². The van der Waals surface area contributed by atoms with E-state index in [-0.39, 0.29) is 0 Å². The summed E-state index contributed by atoms with van der Waals surface area (Å²) in [6, 6.07) is 11.4. The minimum atomic E-state index is 0.423. The first-order valence-corrected chi connectivity index (χ1v) is 8.15. The smallest absolute Gasteiger partial charge is 0.0885 e. The van der Waals surface area contributed by atoms with Crippen LogP contribution in [-0.2, 0) is 9.68 Å². The van der Waals surface area contributed by atoms with Gasteiger partial charge in [-0.1, -0.05) is 31.9 Å². The number of nitrogens with zero attached hydrogens (tertiary/aromatic N) is 2. The van der Waals surface area contributed by atoms with Crippen LogP contribution in [-0.4, -0.2) is 23.7 Å². The van der Waals surface area contributed by atoms with Crippen LogP contribution in [0.15, 0.2) is 56.1 Å². The zero-order valence-electron chi connectivity index (χ0n) is 15.2. The maximum Gasteiger partial charge on any atom is 0.0885 e. The van der Waals surface area contributed by atoms with Gasteiger partial charge in [0.1, 0.15) is 0 Å². The average Bonchev–Trinajstić information content (AvgIpc) is 2.65.